The van der Waals surface area contributed by atoms with Crippen molar-refractivity contribution in [2.45, 2.75) is 17.3 Å². The summed E-state index contributed by atoms with van der Waals surface area (Å²) in [6.45, 7) is 8.99. The Morgan fingerprint density at radius 2 is 1.53 bits per heavy atom. The van der Waals surface area contributed by atoms with Gasteiger partial charge < -0.3 is 15.5 Å². The van der Waals surface area contributed by atoms with E-state index in [9.17, 15) is 0 Å². The maximum atomic E-state index is 6.48. The average molecular weight is 359 g/mol. The molecule has 2 N–H and O–H groups in total. The Labute approximate surface area is 137 Å². The smallest absolute Gasteiger partial charge is 0.183 e. The zero-order chi connectivity index (χ0) is 12.8. The zero-order valence-electron chi connectivity index (χ0n) is 11.2. The predicted molar refractivity (Wildman–Crippen MR) is 77.4 cm³/mol. The molecule has 0 saturated carbocycles. The molecule has 117 valence electrons. The Hall–Kier alpha value is 0.939. The Kier molecular flexibility index (Phi) is 8.58. The van der Waals surface area contributed by atoms with E-state index in [1.807, 2.05) is 0 Å². The first kappa shape index (κ1) is 18.0. The molecule has 4 nitrogen and oxygen atoms in total. The van der Waals surface area contributed by atoms with Crippen LogP contribution in [0.4, 0.5) is 0 Å². The maximum absolute atomic E-state index is 6.48. The van der Waals surface area contributed by atoms with Gasteiger partial charge in [0.15, 0.2) is 4.46 Å². The molecule has 1 radical (unpaired) electrons. The topological polar surface area (TPSA) is 30.5 Å². The second-order valence-electron chi connectivity index (χ2n) is 5.13. The van der Waals surface area contributed by atoms with Crippen LogP contribution in [0.2, 0.25) is 0 Å². The van der Waals surface area contributed by atoms with E-state index in [4.69, 9.17) is 23.2 Å². The molecule has 2 heterocycles. The summed E-state index contributed by atoms with van der Waals surface area (Å²) >= 11 is 13.0. The molecule has 19 heavy (non-hydrogen) atoms. The Balaban J connectivity index is 0.00000180. The van der Waals surface area contributed by atoms with Gasteiger partial charge in [0.2, 0.25) is 0 Å². The molecule has 7 heteroatoms. The van der Waals surface area contributed by atoms with Gasteiger partial charge in [-0.15, -0.1) is 0 Å². The quantitative estimate of drug-likeness (QED) is 0.379. The van der Waals surface area contributed by atoms with Crippen LogP contribution < -0.4 is 10.6 Å². The number of nitrogens with one attached hydrogen (secondary N) is 2. The largest absolute Gasteiger partial charge is 0.315 e. The van der Waals surface area contributed by atoms with E-state index < -0.39 is 4.46 Å². The molecular weight excluding hydrogens is 335 g/mol. The molecule has 2 aliphatic rings. The number of halogens is 2. The van der Waals surface area contributed by atoms with Gasteiger partial charge in [-0.2, -0.15) is 0 Å². The summed E-state index contributed by atoms with van der Waals surface area (Å²) in [7, 11) is 0. The van der Waals surface area contributed by atoms with E-state index in [0.29, 0.717) is 6.54 Å². The van der Waals surface area contributed by atoms with Crippen LogP contribution in [0.1, 0.15) is 12.8 Å². The van der Waals surface area contributed by atoms with Gasteiger partial charge in [0.25, 0.3) is 0 Å². The monoisotopic (exact) mass is 357 g/mol. The van der Waals surface area contributed by atoms with Gasteiger partial charge in [-0.05, 0) is 32.5 Å². The summed E-state index contributed by atoms with van der Waals surface area (Å²) < 4.78 is -0.776. The molecule has 0 aromatic heterocycles. The molecule has 2 rings (SSSR count). The predicted octanol–water partition coefficient (Wildman–Crippen LogP) is 0.706. The van der Waals surface area contributed by atoms with E-state index in [0.717, 1.165) is 65.2 Å². The van der Waals surface area contributed by atoms with Gasteiger partial charge in [0.05, 0.1) is 0 Å². The first-order valence-electron chi connectivity index (χ1n) is 6.95. The summed E-state index contributed by atoms with van der Waals surface area (Å²) in [4.78, 5) is 4.70. The third kappa shape index (κ3) is 6.06. The number of fused-ring (bicyclic) bond motifs is 3. The van der Waals surface area contributed by atoms with Gasteiger partial charge in [0.1, 0.15) is 0 Å². The van der Waals surface area contributed by atoms with Crippen molar-refractivity contribution in [3.05, 3.63) is 0 Å². The van der Waals surface area contributed by atoms with E-state index in [1.165, 1.54) is 0 Å². The SMILES string of the molecule is ClC1(Cl)CNCCCN2CCNCCCN1CC2.[Cu]. The van der Waals surface area contributed by atoms with E-state index in [1.54, 1.807) is 0 Å². The second kappa shape index (κ2) is 9.06. The molecule has 0 aromatic carbocycles. The van der Waals surface area contributed by atoms with Crippen molar-refractivity contribution in [1.29, 1.82) is 0 Å². The minimum atomic E-state index is -0.776. The van der Waals surface area contributed by atoms with Crippen molar-refractivity contribution in [3.63, 3.8) is 0 Å². The summed E-state index contributed by atoms with van der Waals surface area (Å²) in [5, 5.41) is 6.85. The number of hydrogen-bond acceptors (Lipinski definition) is 4. The van der Waals surface area contributed by atoms with Crippen LogP contribution in [-0.2, 0) is 17.1 Å². The van der Waals surface area contributed by atoms with Crippen molar-refractivity contribution >= 4 is 23.2 Å². The average Bonchev–Trinajstić information content (AvgIpc) is 2.35. The Morgan fingerprint density at radius 1 is 0.789 bits per heavy atom. The summed E-state index contributed by atoms with van der Waals surface area (Å²) in [5.74, 6) is 0. The molecule has 2 saturated heterocycles. The fourth-order valence-corrected chi connectivity index (χ4v) is 3.10. The molecule has 2 fully saturated rings. The van der Waals surface area contributed by atoms with Crippen LogP contribution in [0, 0.1) is 0 Å². The fraction of sp³-hybridized carbons (Fsp3) is 1.00. The molecule has 0 spiro atoms. The third-order valence-corrected chi connectivity index (χ3v) is 4.45. The van der Waals surface area contributed by atoms with Crippen molar-refractivity contribution in [1.82, 2.24) is 20.4 Å². The van der Waals surface area contributed by atoms with Gasteiger partial charge in [-0.1, -0.05) is 23.2 Å². The van der Waals surface area contributed by atoms with E-state index in [2.05, 4.69) is 20.4 Å². The summed E-state index contributed by atoms with van der Waals surface area (Å²) in [5.41, 5.74) is 0. The van der Waals surface area contributed by atoms with Crippen LogP contribution in [0.25, 0.3) is 0 Å². The summed E-state index contributed by atoms with van der Waals surface area (Å²) in [6, 6.07) is 0. The van der Waals surface area contributed by atoms with Crippen LogP contribution in [0.3, 0.4) is 0 Å². The van der Waals surface area contributed by atoms with Crippen LogP contribution in [-0.4, -0.2) is 73.2 Å². The van der Waals surface area contributed by atoms with Crippen molar-refractivity contribution in [2.75, 3.05) is 58.9 Å². The first-order chi connectivity index (χ1) is 8.68. The van der Waals surface area contributed by atoms with Gasteiger partial charge >= 0.3 is 0 Å². The van der Waals surface area contributed by atoms with Crippen molar-refractivity contribution < 1.29 is 17.1 Å². The fourth-order valence-electron chi connectivity index (χ4n) is 2.57. The molecule has 2 aliphatic heterocycles. The minimum absolute atomic E-state index is 0. The molecule has 2 unspecified atom stereocenters. The van der Waals surface area contributed by atoms with Gasteiger partial charge in [-0.25, -0.2) is 0 Å². The zero-order valence-corrected chi connectivity index (χ0v) is 13.7. The third-order valence-electron chi connectivity index (χ3n) is 3.70. The second-order valence-corrected chi connectivity index (χ2v) is 6.57. The first-order valence-corrected chi connectivity index (χ1v) is 7.71. The molecule has 0 amide bonds. The number of hydrogen-bond donors (Lipinski definition) is 2. The molecule has 2 atom stereocenters. The Bertz CT molecular complexity index is 254. The molecule has 0 aliphatic carbocycles. The summed E-state index contributed by atoms with van der Waals surface area (Å²) in [6.07, 6.45) is 2.26. The van der Waals surface area contributed by atoms with Crippen molar-refractivity contribution in [2.24, 2.45) is 0 Å². The van der Waals surface area contributed by atoms with Crippen molar-refractivity contribution in [3.8, 4) is 0 Å². The molecule has 0 aromatic rings. The Morgan fingerprint density at radius 3 is 2.37 bits per heavy atom. The molecular formula is C12H24Cl2CuN4. The maximum Gasteiger partial charge on any atom is 0.183 e. The number of nitrogens with zero attached hydrogens (tertiary/aromatic N) is 2. The standard InChI is InChI=1S/C12H24Cl2N4.Cu/c13-12(14)11-16-4-1-6-17-8-5-15-3-2-7-18(12)10-9-17;/h15-16H,1-11H2;. The van der Waals surface area contributed by atoms with Gasteiger partial charge in [-0.3, -0.25) is 4.90 Å². The van der Waals surface area contributed by atoms with Crippen LogP contribution in [0.5, 0.6) is 0 Å². The number of alkyl halides is 2. The number of rotatable bonds is 0. The van der Waals surface area contributed by atoms with Crippen LogP contribution in [0.15, 0.2) is 0 Å². The van der Waals surface area contributed by atoms with E-state index >= 15 is 0 Å². The normalized spacial score (nSPS) is 33.2. The van der Waals surface area contributed by atoms with Crippen LogP contribution >= 0.6 is 23.2 Å². The van der Waals surface area contributed by atoms with E-state index in [-0.39, 0.29) is 17.1 Å². The minimum Gasteiger partial charge on any atom is -0.315 e. The molecule has 2 bridgehead atoms. The van der Waals surface area contributed by atoms with Gasteiger partial charge in [0, 0.05) is 56.3 Å².